The van der Waals surface area contributed by atoms with E-state index < -0.39 is 0 Å². The van der Waals surface area contributed by atoms with E-state index in [2.05, 4.69) is 10.4 Å². The van der Waals surface area contributed by atoms with Crippen LogP contribution in [0.25, 0.3) is 0 Å². The first-order valence-electron chi connectivity index (χ1n) is 3.56. The fourth-order valence-electron chi connectivity index (χ4n) is 0.603. The normalized spacial score (nSPS) is 11.6. The maximum absolute atomic E-state index is 5.27. The number of aliphatic imine (C=N–C) groups is 1. The third-order valence-corrected chi connectivity index (χ3v) is 1.19. The number of ether oxygens (including phenoxy) is 1. The Morgan fingerprint density at radius 3 is 2.82 bits per heavy atom. The third kappa shape index (κ3) is 7.08. The Bertz CT molecular complexity index is 115. The molecular formula is C6H16N4O. The first-order valence-corrected chi connectivity index (χ1v) is 3.56. The number of hydrogen-bond donors (Lipinski definition) is 3. The second kappa shape index (κ2) is 7.30. The summed E-state index contributed by atoms with van der Waals surface area (Å²) in [4.78, 5) is 3.92. The lowest BCUT2D eigenvalue weighted by Gasteiger charge is -1.98. The van der Waals surface area contributed by atoms with E-state index in [1.165, 1.54) is 0 Å². The molecule has 0 spiro atoms. The number of nitrogens with two attached hydrogens (primary N) is 2. The average molecular weight is 160 g/mol. The highest BCUT2D eigenvalue weighted by molar-refractivity contribution is 5.76. The van der Waals surface area contributed by atoms with E-state index in [0.29, 0.717) is 6.54 Å². The van der Waals surface area contributed by atoms with Crippen molar-refractivity contribution in [2.24, 2.45) is 16.6 Å². The minimum absolute atomic E-state index is 0.280. The number of hydrogen-bond acceptors (Lipinski definition) is 3. The van der Waals surface area contributed by atoms with Gasteiger partial charge in [-0.15, -0.1) is 0 Å². The van der Waals surface area contributed by atoms with Gasteiger partial charge in [0.25, 0.3) is 0 Å². The molecule has 0 heterocycles. The molecule has 0 amide bonds. The maximum atomic E-state index is 5.27. The smallest absolute Gasteiger partial charge is 0.203 e. The molecule has 0 aromatic heterocycles. The van der Waals surface area contributed by atoms with Crippen molar-refractivity contribution in [3.05, 3.63) is 0 Å². The number of methoxy groups -OCH3 is 1. The van der Waals surface area contributed by atoms with Crippen LogP contribution in [0.5, 0.6) is 0 Å². The fraction of sp³-hybridized carbons (Fsp3) is 0.833. The minimum Gasteiger partial charge on any atom is -0.385 e. The molecule has 0 radical (unpaired) electrons. The van der Waals surface area contributed by atoms with E-state index >= 15 is 0 Å². The van der Waals surface area contributed by atoms with Crippen molar-refractivity contribution in [3.63, 3.8) is 0 Å². The quantitative estimate of drug-likeness (QED) is 0.161. The van der Waals surface area contributed by atoms with Crippen molar-refractivity contribution in [3.8, 4) is 0 Å². The molecule has 11 heavy (non-hydrogen) atoms. The highest BCUT2D eigenvalue weighted by atomic mass is 16.5. The zero-order valence-corrected chi connectivity index (χ0v) is 6.84. The molecule has 0 fully saturated rings. The summed E-state index contributed by atoms with van der Waals surface area (Å²) in [6.45, 7) is 1.46. The van der Waals surface area contributed by atoms with Crippen molar-refractivity contribution in [1.29, 1.82) is 0 Å². The fourth-order valence-corrected chi connectivity index (χ4v) is 0.603. The van der Waals surface area contributed by atoms with E-state index in [9.17, 15) is 0 Å². The van der Waals surface area contributed by atoms with Crippen LogP contribution in [0.3, 0.4) is 0 Å². The van der Waals surface area contributed by atoms with Crippen molar-refractivity contribution >= 4 is 5.96 Å². The molecule has 0 unspecified atom stereocenters. The second-order valence-corrected chi connectivity index (χ2v) is 2.11. The highest BCUT2D eigenvalue weighted by Gasteiger charge is 1.87. The Morgan fingerprint density at radius 2 is 2.27 bits per heavy atom. The molecule has 0 bridgehead atoms. The van der Waals surface area contributed by atoms with Crippen LogP contribution in [0.2, 0.25) is 0 Å². The summed E-state index contributed by atoms with van der Waals surface area (Å²) < 4.78 is 4.86. The molecule has 0 aliphatic carbocycles. The number of rotatable bonds is 5. The second-order valence-electron chi connectivity index (χ2n) is 2.11. The van der Waals surface area contributed by atoms with E-state index in [1.807, 2.05) is 0 Å². The average Bonchev–Trinajstić information content (AvgIpc) is 2.04. The van der Waals surface area contributed by atoms with Gasteiger partial charge >= 0.3 is 0 Å². The summed E-state index contributed by atoms with van der Waals surface area (Å²) in [5, 5.41) is 0. The molecule has 0 rings (SSSR count). The summed E-state index contributed by atoms with van der Waals surface area (Å²) in [7, 11) is 1.68. The van der Waals surface area contributed by atoms with Crippen LogP contribution in [0.4, 0.5) is 0 Å². The van der Waals surface area contributed by atoms with Crippen molar-refractivity contribution in [1.82, 2.24) is 5.43 Å². The molecule has 5 N–H and O–H groups in total. The van der Waals surface area contributed by atoms with E-state index in [0.717, 1.165) is 19.4 Å². The molecular weight excluding hydrogens is 144 g/mol. The standard InChI is InChI=1S/C6H16N4O/c1-11-5-3-2-4-9-6(7)10-8/h2-5,8H2,1H3,(H3,7,9,10). The molecule has 0 aliphatic rings. The van der Waals surface area contributed by atoms with Crippen LogP contribution in [0.1, 0.15) is 12.8 Å². The van der Waals surface area contributed by atoms with Gasteiger partial charge in [-0.25, -0.2) is 5.84 Å². The van der Waals surface area contributed by atoms with Crippen LogP contribution in [0.15, 0.2) is 4.99 Å². The number of nitrogens with zero attached hydrogens (tertiary/aromatic N) is 1. The summed E-state index contributed by atoms with van der Waals surface area (Å²) in [5.74, 6) is 5.26. The van der Waals surface area contributed by atoms with Crippen LogP contribution in [0, 0.1) is 0 Å². The lowest BCUT2D eigenvalue weighted by Crippen LogP contribution is -2.37. The van der Waals surface area contributed by atoms with E-state index in [1.54, 1.807) is 7.11 Å². The van der Waals surface area contributed by atoms with Gasteiger partial charge in [-0.1, -0.05) is 0 Å². The Kier molecular flexibility index (Phi) is 6.76. The van der Waals surface area contributed by atoms with Crippen molar-refractivity contribution < 1.29 is 4.74 Å². The van der Waals surface area contributed by atoms with Crippen molar-refractivity contribution in [2.45, 2.75) is 12.8 Å². The maximum Gasteiger partial charge on any atom is 0.203 e. The number of nitrogens with one attached hydrogen (secondary N) is 1. The Morgan fingerprint density at radius 1 is 1.55 bits per heavy atom. The largest absolute Gasteiger partial charge is 0.385 e. The molecule has 66 valence electrons. The van der Waals surface area contributed by atoms with Gasteiger partial charge in [-0.3, -0.25) is 10.4 Å². The van der Waals surface area contributed by atoms with E-state index in [4.69, 9.17) is 16.3 Å². The SMILES string of the molecule is COCCCCN=C(N)NN. The third-order valence-electron chi connectivity index (χ3n) is 1.19. The van der Waals surface area contributed by atoms with Crippen LogP contribution in [-0.2, 0) is 4.74 Å². The molecule has 5 nitrogen and oxygen atoms in total. The minimum atomic E-state index is 0.280. The summed E-state index contributed by atoms with van der Waals surface area (Å²) in [6, 6.07) is 0. The van der Waals surface area contributed by atoms with Gasteiger partial charge in [0.15, 0.2) is 0 Å². The molecule has 0 aliphatic heterocycles. The Labute approximate surface area is 66.8 Å². The zero-order valence-electron chi connectivity index (χ0n) is 6.84. The number of guanidine groups is 1. The first kappa shape index (κ1) is 10.2. The lowest BCUT2D eigenvalue weighted by molar-refractivity contribution is 0.193. The molecule has 0 aromatic rings. The monoisotopic (exact) mass is 160 g/mol. The number of unbranched alkanes of at least 4 members (excludes halogenated alkanes) is 1. The van der Waals surface area contributed by atoms with Gasteiger partial charge in [0, 0.05) is 20.3 Å². The van der Waals surface area contributed by atoms with Crippen molar-refractivity contribution in [2.75, 3.05) is 20.3 Å². The van der Waals surface area contributed by atoms with Gasteiger partial charge in [-0.05, 0) is 12.8 Å². The zero-order chi connectivity index (χ0) is 8.53. The van der Waals surface area contributed by atoms with Gasteiger partial charge in [0.2, 0.25) is 5.96 Å². The van der Waals surface area contributed by atoms with Crippen LogP contribution >= 0.6 is 0 Å². The molecule has 5 heteroatoms. The molecule has 0 saturated heterocycles. The molecule has 0 aromatic carbocycles. The van der Waals surface area contributed by atoms with Gasteiger partial charge in [-0.2, -0.15) is 0 Å². The lowest BCUT2D eigenvalue weighted by atomic mass is 10.3. The van der Waals surface area contributed by atoms with Crippen LogP contribution < -0.4 is 17.0 Å². The van der Waals surface area contributed by atoms with Gasteiger partial charge in [0.05, 0.1) is 0 Å². The Balaban J connectivity index is 3.12. The highest BCUT2D eigenvalue weighted by Crippen LogP contribution is 1.88. The van der Waals surface area contributed by atoms with Gasteiger partial charge < -0.3 is 10.5 Å². The molecule has 0 saturated carbocycles. The van der Waals surface area contributed by atoms with E-state index in [-0.39, 0.29) is 5.96 Å². The summed E-state index contributed by atoms with van der Waals surface area (Å²) >= 11 is 0. The Hall–Kier alpha value is -0.810. The number of hydrazine groups is 1. The van der Waals surface area contributed by atoms with Gasteiger partial charge in [0.1, 0.15) is 0 Å². The predicted octanol–water partition coefficient (Wildman–Crippen LogP) is -0.809. The first-order chi connectivity index (χ1) is 5.31. The van der Waals surface area contributed by atoms with Crippen LogP contribution in [-0.4, -0.2) is 26.2 Å². The summed E-state index contributed by atoms with van der Waals surface area (Å²) in [5.41, 5.74) is 7.52. The topological polar surface area (TPSA) is 85.7 Å². The summed E-state index contributed by atoms with van der Waals surface area (Å²) in [6.07, 6.45) is 1.97. The predicted molar refractivity (Wildman–Crippen MR) is 44.9 cm³/mol. The molecule has 0 atom stereocenters.